The molecule has 0 rings (SSSR count). The number of hydrogen-bond donors (Lipinski definition) is 3. The first-order chi connectivity index (χ1) is 7.52. The molecule has 3 N–H and O–H groups in total. The summed E-state index contributed by atoms with van der Waals surface area (Å²) in [6.07, 6.45) is -0.338. The first kappa shape index (κ1) is 15.6. The average Bonchev–Trinajstić information content (AvgIpc) is 2.13. The van der Waals surface area contributed by atoms with E-state index in [1.54, 1.807) is 0 Å². The van der Waals surface area contributed by atoms with Gasteiger partial charge in [0.15, 0.2) is 0 Å². The largest absolute Gasteiger partial charge is 0.335 e. The molecule has 0 aliphatic rings. The minimum atomic E-state index is -4.46. The van der Waals surface area contributed by atoms with E-state index >= 15 is 0 Å². The van der Waals surface area contributed by atoms with Crippen LogP contribution in [0.5, 0.6) is 0 Å². The molecule has 0 aliphatic heterocycles. The zero-order valence-electron chi connectivity index (χ0n) is 9.85. The second kappa shape index (κ2) is 5.28. The third-order valence-electron chi connectivity index (χ3n) is 2.18. The van der Waals surface area contributed by atoms with Crippen LogP contribution in [-0.2, 0) is 19.7 Å². The smallest absolute Gasteiger partial charge is 0.274 e. The number of hydrogen-bond acceptors (Lipinski definition) is 4. The van der Waals surface area contributed by atoms with Crippen molar-refractivity contribution < 1.29 is 22.6 Å². The molecule has 17 heavy (non-hydrogen) atoms. The molecule has 8 heteroatoms. The van der Waals surface area contributed by atoms with Crippen LogP contribution in [0.4, 0.5) is 0 Å². The van der Waals surface area contributed by atoms with Gasteiger partial charge < -0.3 is 10.6 Å². The van der Waals surface area contributed by atoms with Gasteiger partial charge in [0.2, 0.25) is 11.8 Å². The van der Waals surface area contributed by atoms with E-state index < -0.39 is 32.8 Å². The molecule has 2 amide bonds. The maximum absolute atomic E-state index is 11.2. The standard InChI is InChI=1S/C9H16N2O5S/c1-5-7(13)11-8(10-6(2)12)9(3,4)17(14,15)16/h5,8H,1H2,2-4H3,(H,10,12)(H,11,13)(H,14,15,16). The van der Waals surface area contributed by atoms with Gasteiger partial charge in [-0.15, -0.1) is 0 Å². The van der Waals surface area contributed by atoms with Gasteiger partial charge in [0.05, 0.1) is 0 Å². The lowest BCUT2D eigenvalue weighted by molar-refractivity contribution is -0.121. The van der Waals surface area contributed by atoms with E-state index in [2.05, 4.69) is 17.2 Å². The van der Waals surface area contributed by atoms with Crippen LogP contribution >= 0.6 is 0 Å². The van der Waals surface area contributed by atoms with Crippen LogP contribution in [0.2, 0.25) is 0 Å². The molecule has 0 radical (unpaired) electrons. The molecule has 1 unspecified atom stereocenters. The van der Waals surface area contributed by atoms with Crippen LogP contribution in [0.1, 0.15) is 20.8 Å². The van der Waals surface area contributed by atoms with E-state index in [1.807, 2.05) is 0 Å². The molecule has 0 saturated carbocycles. The van der Waals surface area contributed by atoms with Crippen molar-refractivity contribution in [2.45, 2.75) is 31.7 Å². The number of amides is 2. The van der Waals surface area contributed by atoms with Crippen LogP contribution in [0.3, 0.4) is 0 Å². The van der Waals surface area contributed by atoms with Crippen LogP contribution in [0.25, 0.3) is 0 Å². The molecule has 0 aromatic rings. The number of carbonyl (C=O) groups is 2. The highest BCUT2D eigenvalue weighted by Crippen LogP contribution is 2.18. The molecular weight excluding hydrogens is 248 g/mol. The summed E-state index contributed by atoms with van der Waals surface area (Å²) < 4.78 is 29.6. The maximum atomic E-state index is 11.2. The second-order valence-electron chi connectivity index (χ2n) is 3.92. The highest BCUT2D eigenvalue weighted by Gasteiger charge is 2.42. The third kappa shape index (κ3) is 4.16. The SMILES string of the molecule is C=CC(=O)NC(NC(C)=O)C(C)(C)S(=O)(=O)O. The molecule has 98 valence electrons. The maximum Gasteiger partial charge on any atom is 0.274 e. The molecule has 0 saturated heterocycles. The van der Waals surface area contributed by atoms with Gasteiger partial charge in [0.1, 0.15) is 10.9 Å². The van der Waals surface area contributed by atoms with Crippen molar-refractivity contribution in [2.75, 3.05) is 0 Å². The first-order valence-corrected chi connectivity index (χ1v) is 6.13. The van der Waals surface area contributed by atoms with Gasteiger partial charge in [-0.25, -0.2) is 0 Å². The molecule has 0 aliphatic carbocycles. The van der Waals surface area contributed by atoms with Crippen LogP contribution in [0, 0.1) is 0 Å². The van der Waals surface area contributed by atoms with Gasteiger partial charge in [0, 0.05) is 6.92 Å². The molecule has 0 fully saturated rings. The fourth-order valence-electron chi connectivity index (χ4n) is 0.937. The van der Waals surface area contributed by atoms with Crippen molar-refractivity contribution in [3.05, 3.63) is 12.7 Å². The normalized spacial score (nSPS) is 13.6. The second-order valence-corrected chi connectivity index (χ2v) is 5.93. The summed E-state index contributed by atoms with van der Waals surface area (Å²) in [5.41, 5.74) is 0. The topological polar surface area (TPSA) is 113 Å². The summed E-state index contributed by atoms with van der Waals surface area (Å²) in [7, 11) is -4.46. The lowest BCUT2D eigenvalue weighted by Gasteiger charge is -2.31. The highest BCUT2D eigenvalue weighted by molar-refractivity contribution is 7.87. The molecule has 7 nitrogen and oxygen atoms in total. The minimum absolute atomic E-state index is 0.545. The quantitative estimate of drug-likeness (QED) is 0.349. The first-order valence-electron chi connectivity index (χ1n) is 4.69. The molecular formula is C9H16N2O5S. The Morgan fingerprint density at radius 2 is 1.82 bits per heavy atom. The van der Waals surface area contributed by atoms with Gasteiger partial charge in [-0.05, 0) is 19.9 Å². The Hall–Kier alpha value is -1.41. The number of rotatable bonds is 5. The monoisotopic (exact) mass is 264 g/mol. The Morgan fingerprint density at radius 3 is 2.12 bits per heavy atom. The van der Waals surface area contributed by atoms with Gasteiger partial charge in [-0.2, -0.15) is 8.42 Å². The molecule has 0 bridgehead atoms. The number of nitrogens with one attached hydrogen (secondary N) is 2. The Labute approximate surface area is 100 Å². The lowest BCUT2D eigenvalue weighted by atomic mass is 10.1. The fraction of sp³-hybridized carbons (Fsp3) is 0.556. The Kier molecular flexibility index (Phi) is 4.84. The number of carbonyl (C=O) groups excluding carboxylic acids is 2. The van der Waals surface area contributed by atoms with Gasteiger partial charge in [0.25, 0.3) is 10.1 Å². The molecule has 1 atom stereocenters. The zero-order valence-corrected chi connectivity index (χ0v) is 10.7. The summed E-state index contributed by atoms with van der Waals surface area (Å²) in [5, 5.41) is 4.45. The average molecular weight is 264 g/mol. The van der Waals surface area contributed by atoms with Crippen molar-refractivity contribution in [1.82, 2.24) is 10.6 Å². The predicted octanol–water partition coefficient (Wildman–Crippen LogP) is -0.583. The van der Waals surface area contributed by atoms with E-state index in [0.717, 1.165) is 13.0 Å². The molecule has 0 spiro atoms. The van der Waals surface area contributed by atoms with Gasteiger partial charge in [-0.1, -0.05) is 6.58 Å². The van der Waals surface area contributed by atoms with Crippen molar-refractivity contribution in [3.8, 4) is 0 Å². The lowest BCUT2D eigenvalue weighted by Crippen LogP contribution is -2.61. The minimum Gasteiger partial charge on any atom is -0.335 e. The highest BCUT2D eigenvalue weighted by atomic mass is 32.2. The Balaban J connectivity index is 5.24. The van der Waals surface area contributed by atoms with Crippen LogP contribution < -0.4 is 10.6 Å². The molecule has 0 heterocycles. The van der Waals surface area contributed by atoms with Crippen LogP contribution in [-0.4, -0.2) is 35.7 Å². The van der Waals surface area contributed by atoms with Crippen molar-refractivity contribution >= 4 is 21.9 Å². The van der Waals surface area contributed by atoms with Crippen molar-refractivity contribution in [1.29, 1.82) is 0 Å². The fourth-order valence-corrected chi connectivity index (χ4v) is 1.35. The molecule has 0 aromatic carbocycles. The summed E-state index contributed by atoms with van der Waals surface area (Å²) in [4.78, 5) is 22.1. The van der Waals surface area contributed by atoms with Crippen LogP contribution in [0.15, 0.2) is 12.7 Å². The van der Waals surface area contributed by atoms with E-state index in [9.17, 15) is 18.0 Å². The summed E-state index contributed by atoms with van der Waals surface area (Å²) in [5.74, 6) is -1.21. The summed E-state index contributed by atoms with van der Waals surface area (Å²) in [6.45, 7) is 6.71. The van der Waals surface area contributed by atoms with Crippen molar-refractivity contribution in [2.24, 2.45) is 0 Å². The van der Waals surface area contributed by atoms with Crippen molar-refractivity contribution in [3.63, 3.8) is 0 Å². The van der Waals surface area contributed by atoms with E-state index in [1.165, 1.54) is 13.8 Å². The van der Waals surface area contributed by atoms with Gasteiger partial charge >= 0.3 is 0 Å². The Bertz CT molecular complexity index is 427. The van der Waals surface area contributed by atoms with E-state index in [4.69, 9.17) is 4.55 Å². The predicted molar refractivity (Wildman–Crippen MR) is 61.6 cm³/mol. The van der Waals surface area contributed by atoms with E-state index in [-0.39, 0.29) is 0 Å². The van der Waals surface area contributed by atoms with Gasteiger partial charge in [-0.3, -0.25) is 14.1 Å². The summed E-state index contributed by atoms with van der Waals surface area (Å²) >= 11 is 0. The third-order valence-corrected chi connectivity index (χ3v) is 3.75. The summed E-state index contributed by atoms with van der Waals surface area (Å²) in [6, 6.07) is 0. The molecule has 0 aromatic heterocycles. The zero-order chi connectivity index (χ0) is 13.9. The van der Waals surface area contributed by atoms with E-state index in [0.29, 0.717) is 0 Å². The Morgan fingerprint density at radius 1 is 1.35 bits per heavy atom.